The number of nitrogens with zero attached hydrogens (tertiary/aromatic N) is 1. The van der Waals surface area contributed by atoms with E-state index in [0.29, 0.717) is 5.06 Å². The fourth-order valence-corrected chi connectivity index (χ4v) is 3.53. The third kappa shape index (κ3) is 4.01. The maximum atomic E-state index is 12.6. The molecule has 0 heterocycles. The summed E-state index contributed by atoms with van der Waals surface area (Å²) in [6.45, 7) is 1.10. The number of nitrogens with one attached hydrogen (secondary N) is 1. The summed E-state index contributed by atoms with van der Waals surface area (Å²) in [5.41, 5.74) is 2.98. The van der Waals surface area contributed by atoms with Crippen LogP contribution < -0.4 is 15.3 Å². The number of nitrogens with two attached hydrogens (primary N) is 1. The predicted octanol–water partition coefficient (Wildman–Crippen LogP) is 3.93. The summed E-state index contributed by atoms with van der Waals surface area (Å²) >= 11 is 0. The molecular formula is C25H21N3O5. The molecule has 8 nitrogen and oxygen atoms in total. The van der Waals surface area contributed by atoms with Gasteiger partial charge in [0.2, 0.25) is 0 Å². The Kier molecular flexibility index (Phi) is 5.58. The van der Waals surface area contributed by atoms with E-state index in [1.165, 1.54) is 6.07 Å². The average Bonchev–Trinajstić information content (AvgIpc) is 2.80. The van der Waals surface area contributed by atoms with Crippen molar-refractivity contribution in [3.63, 3.8) is 0 Å². The first kappa shape index (κ1) is 21.6. The van der Waals surface area contributed by atoms with Crippen molar-refractivity contribution in [2.75, 3.05) is 0 Å². The van der Waals surface area contributed by atoms with Gasteiger partial charge in [0.15, 0.2) is 11.6 Å². The quantitative estimate of drug-likeness (QED) is 0.172. The van der Waals surface area contributed by atoms with Crippen LogP contribution in [0.1, 0.15) is 6.92 Å². The Hall–Kier alpha value is -4.59. The van der Waals surface area contributed by atoms with Gasteiger partial charge in [-0.15, -0.1) is 5.06 Å². The highest BCUT2D eigenvalue weighted by Crippen LogP contribution is 2.29. The number of hydroxylamine groups is 2. The Morgan fingerprint density at radius 1 is 0.848 bits per heavy atom. The second-order valence-electron chi connectivity index (χ2n) is 7.39. The van der Waals surface area contributed by atoms with E-state index in [0.717, 1.165) is 28.5 Å². The van der Waals surface area contributed by atoms with E-state index >= 15 is 0 Å². The van der Waals surface area contributed by atoms with Gasteiger partial charge in [0.25, 0.3) is 5.91 Å². The number of carbonyl (C=O) groups excluding carboxylic acids is 1. The number of hydrogen-bond acceptors (Lipinski definition) is 5. The number of amides is 1. The first-order chi connectivity index (χ1) is 15.8. The van der Waals surface area contributed by atoms with Crippen molar-refractivity contribution >= 4 is 39.3 Å². The van der Waals surface area contributed by atoms with Gasteiger partial charge in [-0.25, -0.2) is 4.79 Å². The molecule has 4 aromatic rings. The van der Waals surface area contributed by atoms with Crippen molar-refractivity contribution in [2.24, 2.45) is 5.73 Å². The maximum absolute atomic E-state index is 12.6. The number of fused-ring (bicyclic) bond motifs is 2. The normalized spacial score (nSPS) is 12.6. The lowest BCUT2D eigenvalue weighted by atomic mass is 10.1. The van der Waals surface area contributed by atoms with E-state index < -0.39 is 23.4 Å². The number of carboxylic acid groups (broad SMARTS) is 1. The number of rotatable bonds is 7. The third-order valence-electron chi connectivity index (χ3n) is 5.13. The molecule has 1 atom stereocenters. The lowest BCUT2D eigenvalue weighted by Crippen LogP contribution is -2.68. The number of hydrogen-bond donors (Lipinski definition) is 3. The summed E-state index contributed by atoms with van der Waals surface area (Å²) in [5, 5.41) is 22.1. The summed E-state index contributed by atoms with van der Waals surface area (Å²) in [6.07, 6.45) is 0. The monoisotopic (exact) mass is 443 g/mol. The molecule has 0 fully saturated rings. The van der Waals surface area contributed by atoms with Gasteiger partial charge in [0.05, 0.1) is 0 Å². The average molecular weight is 443 g/mol. The van der Waals surface area contributed by atoms with Gasteiger partial charge in [0.1, 0.15) is 5.75 Å². The van der Waals surface area contributed by atoms with Gasteiger partial charge in [0, 0.05) is 6.92 Å². The number of benzene rings is 4. The molecule has 0 radical (unpaired) electrons. The van der Waals surface area contributed by atoms with Gasteiger partial charge in [-0.05, 0) is 45.8 Å². The zero-order valence-corrected chi connectivity index (χ0v) is 17.7. The molecular weight excluding hydrogens is 422 g/mol. The molecule has 4 rings (SSSR count). The van der Waals surface area contributed by atoms with E-state index in [2.05, 4.69) is 0 Å². The Morgan fingerprint density at radius 2 is 1.33 bits per heavy atom. The molecule has 0 aliphatic heterocycles. The smallest absolute Gasteiger partial charge is 0.382 e. The summed E-state index contributed by atoms with van der Waals surface area (Å²) in [7, 11) is 0. The fourth-order valence-electron chi connectivity index (χ4n) is 3.53. The van der Waals surface area contributed by atoms with Crippen molar-refractivity contribution in [2.45, 2.75) is 12.6 Å². The second kappa shape index (κ2) is 8.51. The van der Waals surface area contributed by atoms with Crippen LogP contribution in [-0.4, -0.2) is 33.6 Å². The second-order valence-corrected chi connectivity index (χ2v) is 7.39. The Labute approximate surface area is 189 Å². The van der Waals surface area contributed by atoms with Gasteiger partial charge in [-0.2, -0.15) is 0 Å². The van der Waals surface area contributed by atoms with Crippen LogP contribution in [0.5, 0.6) is 11.5 Å². The van der Waals surface area contributed by atoms with Crippen LogP contribution in [0.4, 0.5) is 0 Å². The zero-order chi connectivity index (χ0) is 23.6. The molecule has 0 spiro atoms. The maximum Gasteiger partial charge on any atom is 0.382 e. The number of amidine groups is 1. The predicted molar refractivity (Wildman–Crippen MR) is 124 cm³/mol. The number of ether oxygens (including phenoxy) is 1. The van der Waals surface area contributed by atoms with Crippen LogP contribution in [-0.2, 0) is 9.59 Å². The third-order valence-corrected chi connectivity index (χ3v) is 5.13. The molecule has 8 heteroatoms. The summed E-state index contributed by atoms with van der Waals surface area (Å²) in [6, 6.07) is 24.8. The van der Waals surface area contributed by atoms with Crippen LogP contribution in [0, 0.1) is 5.41 Å². The summed E-state index contributed by atoms with van der Waals surface area (Å²) < 4.78 is 5.75. The van der Waals surface area contributed by atoms with Crippen molar-refractivity contribution in [1.29, 1.82) is 5.41 Å². The van der Waals surface area contributed by atoms with E-state index in [1.54, 1.807) is 30.3 Å². The zero-order valence-electron chi connectivity index (χ0n) is 17.7. The minimum atomic E-state index is -2.74. The number of aliphatic carboxylic acids is 1. The van der Waals surface area contributed by atoms with Crippen LogP contribution in [0.3, 0.4) is 0 Å². The van der Waals surface area contributed by atoms with Crippen molar-refractivity contribution < 1.29 is 24.3 Å². The van der Waals surface area contributed by atoms with Gasteiger partial charge in [-0.1, -0.05) is 60.7 Å². The molecule has 0 aliphatic carbocycles. The lowest BCUT2D eigenvalue weighted by Gasteiger charge is -2.37. The molecule has 33 heavy (non-hydrogen) atoms. The first-order valence-corrected chi connectivity index (χ1v) is 10.0. The molecule has 4 aromatic carbocycles. The Morgan fingerprint density at radius 3 is 1.82 bits per heavy atom. The van der Waals surface area contributed by atoms with E-state index in [9.17, 15) is 14.7 Å². The largest absolute Gasteiger partial charge is 0.476 e. The fraction of sp³-hybridized carbons (Fsp3) is 0.0800. The molecule has 166 valence electrons. The minimum absolute atomic E-state index is 0.0969. The van der Waals surface area contributed by atoms with Crippen LogP contribution in [0.15, 0.2) is 84.9 Å². The van der Waals surface area contributed by atoms with Crippen LogP contribution >= 0.6 is 0 Å². The van der Waals surface area contributed by atoms with Gasteiger partial charge < -0.3 is 20.4 Å². The Bertz CT molecular complexity index is 1370. The highest BCUT2D eigenvalue weighted by molar-refractivity contribution is 6.08. The Balaban J connectivity index is 1.78. The van der Waals surface area contributed by atoms with Crippen molar-refractivity contribution in [3.8, 4) is 11.5 Å². The number of carboxylic acids is 1. The minimum Gasteiger partial charge on any atom is -0.476 e. The molecule has 0 aliphatic rings. The van der Waals surface area contributed by atoms with E-state index in [4.69, 9.17) is 20.7 Å². The topological polar surface area (TPSA) is 126 Å². The van der Waals surface area contributed by atoms with Gasteiger partial charge >= 0.3 is 11.7 Å². The molecule has 0 aromatic heterocycles. The molecule has 0 saturated heterocycles. The molecule has 1 unspecified atom stereocenters. The van der Waals surface area contributed by atoms with Crippen LogP contribution in [0.25, 0.3) is 21.5 Å². The van der Waals surface area contributed by atoms with Crippen molar-refractivity contribution in [1.82, 2.24) is 5.06 Å². The molecule has 1 amide bonds. The molecule has 0 bridgehead atoms. The standard InChI is InChI=1S/C25H21N3O5/c1-16(29)28(33-22-13-11-18-7-3-5-9-20(18)15-22)25(23(26)27,24(30)31)32-21-12-10-17-6-2-4-8-19(17)14-21/h2-15H,1H3,(H3,26,27)(H,30,31). The summed E-state index contributed by atoms with van der Waals surface area (Å²) in [5.74, 6) is -3.16. The lowest BCUT2D eigenvalue weighted by molar-refractivity contribution is -0.213. The van der Waals surface area contributed by atoms with Gasteiger partial charge in [-0.3, -0.25) is 10.2 Å². The first-order valence-electron chi connectivity index (χ1n) is 10.0. The SMILES string of the molecule is CC(=O)N(Oc1ccc2ccccc2c1)C(Oc1ccc2ccccc2c1)(C(=N)N)C(=O)O. The van der Waals surface area contributed by atoms with Crippen molar-refractivity contribution in [3.05, 3.63) is 84.9 Å². The molecule has 4 N–H and O–H groups in total. The highest BCUT2D eigenvalue weighted by Gasteiger charge is 2.55. The molecule has 0 saturated carbocycles. The summed E-state index contributed by atoms with van der Waals surface area (Å²) in [4.78, 5) is 30.7. The highest BCUT2D eigenvalue weighted by atomic mass is 16.7. The van der Waals surface area contributed by atoms with E-state index in [-0.39, 0.29) is 11.5 Å². The van der Waals surface area contributed by atoms with Crippen LogP contribution in [0.2, 0.25) is 0 Å². The number of carbonyl (C=O) groups is 2. The van der Waals surface area contributed by atoms with E-state index in [1.807, 2.05) is 48.5 Å².